The first-order valence-corrected chi connectivity index (χ1v) is 13.6. The summed E-state index contributed by atoms with van der Waals surface area (Å²) in [4.78, 5) is 14.0. The van der Waals surface area contributed by atoms with E-state index >= 15 is 0 Å². The molecule has 2 unspecified atom stereocenters. The number of benzene rings is 3. The van der Waals surface area contributed by atoms with Gasteiger partial charge in [-0.1, -0.05) is 24.3 Å². The second-order valence-corrected chi connectivity index (χ2v) is 10.3. The van der Waals surface area contributed by atoms with Crippen molar-refractivity contribution in [2.24, 2.45) is 11.0 Å². The van der Waals surface area contributed by atoms with E-state index in [9.17, 15) is 4.79 Å². The van der Waals surface area contributed by atoms with E-state index in [-0.39, 0.29) is 17.9 Å². The number of hydrazone groups is 1. The summed E-state index contributed by atoms with van der Waals surface area (Å²) >= 11 is 3.55. The number of hydrogen-bond acceptors (Lipinski definition) is 6. The van der Waals surface area contributed by atoms with Crippen molar-refractivity contribution in [3.8, 4) is 23.0 Å². The molecule has 0 bridgehead atoms. The molecule has 1 fully saturated rings. The fourth-order valence-corrected chi connectivity index (χ4v) is 5.89. The van der Waals surface area contributed by atoms with Crippen molar-refractivity contribution < 1.29 is 23.7 Å². The van der Waals surface area contributed by atoms with Gasteiger partial charge in [-0.05, 0) is 94.4 Å². The zero-order valence-corrected chi connectivity index (χ0v) is 24.0. The van der Waals surface area contributed by atoms with E-state index in [1.807, 2.05) is 60.7 Å². The van der Waals surface area contributed by atoms with E-state index in [4.69, 9.17) is 24.0 Å². The van der Waals surface area contributed by atoms with Crippen LogP contribution in [-0.4, -0.2) is 45.1 Å². The number of rotatable bonds is 7. The number of nitrogens with zero attached hydrogens (tertiary/aromatic N) is 2. The molecule has 0 radical (unpaired) electrons. The normalized spacial score (nSPS) is 19.4. The Bertz CT molecular complexity index is 1450. The summed E-state index contributed by atoms with van der Waals surface area (Å²) in [5.41, 5.74) is 4.56. The minimum Gasteiger partial charge on any atom is -0.493 e. The monoisotopic (exact) mass is 590 g/mol. The molecule has 2 aliphatic rings. The second-order valence-electron chi connectivity index (χ2n) is 9.46. The number of ether oxygens (including phenoxy) is 4. The summed E-state index contributed by atoms with van der Waals surface area (Å²) in [6.45, 7) is 0. The van der Waals surface area contributed by atoms with Crippen molar-refractivity contribution in [2.45, 2.75) is 25.3 Å². The molecule has 3 aromatic carbocycles. The predicted molar refractivity (Wildman–Crippen MR) is 155 cm³/mol. The van der Waals surface area contributed by atoms with E-state index < -0.39 is 0 Å². The van der Waals surface area contributed by atoms with Gasteiger partial charge in [0.25, 0.3) is 5.91 Å². The molecule has 2 atom stereocenters. The smallest absolute Gasteiger partial charge is 0.275 e. The Kier molecular flexibility index (Phi) is 7.93. The SMILES string of the molecule is COc1ccc(C=C2CCCC3C2=NN(C(=O)c2ccccc2Br)C3c2ccc(OC)c(OC)c2)cc1OC. The predicted octanol–water partition coefficient (Wildman–Crippen LogP) is 6.92. The Hall–Kier alpha value is -3.78. The first kappa shape index (κ1) is 26.8. The van der Waals surface area contributed by atoms with E-state index in [1.165, 1.54) is 0 Å². The van der Waals surface area contributed by atoms with Gasteiger partial charge < -0.3 is 18.9 Å². The molecule has 1 saturated carbocycles. The highest BCUT2D eigenvalue weighted by Gasteiger charge is 2.44. The van der Waals surface area contributed by atoms with Crippen molar-refractivity contribution in [3.05, 3.63) is 87.4 Å². The van der Waals surface area contributed by atoms with Crippen LogP contribution in [0, 0.1) is 5.92 Å². The molecule has 0 spiro atoms. The van der Waals surface area contributed by atoms with Crippen LogP contribution in [0.4, 0.5) is 0 Å². The molecule has 3 aromatic rings. The van der Waals surface area contributed by atoms with Crippen molar-refractivity contribution in [2.75, 3.05) is 28.4 Å². The minimum atomic E-state index is -0.284. The van der Waals surface area contributed by atoms with E-state index in [0.29, 0.717) is 28.6 Å². The van der Waals surface area contributed by atoms with Crippen LogP contribution >= 0.6 is 15.9 Å². The summed E-state index contributed by atoms with van der Waals surface area (Å²) in [6, 6.07) is 18.9. The van der Waals surface area contributed by atoms with Gasteiger partial charge in [-0.2, -0.15) is 5.10 Å². The molecule has 0 N–H and O–H groups in total. The molecule has 5 rings (SSSR count). The van der Waals surface area contributed by atoms with Crippen molar-refractivity contribution in [1.29, 1.82) is 0 Å². The van der Waals surface area contributed by atoms with Crippen LogP contribution in [0.5, 0.6) is 23.0 Å². The van der Waals surface area contributed by atoms with Crippen LogP contribution in [0.2, 0.25) is 0 Å². The van der Waals surface area contributed by atoms with Gasteiger partial charge in [-0.15, -0.1) is 0 Å². The van der Waals surface area contributed by atoms with Crippen LogP contribution < -0.4 is 18.9 Å². The minimum absolute atomic E-state index is 0.0367. The summed E-state index contributed by atoms with van der Waals surface area (Å²) in [5, 5.41) is 6.67. The Morgan fingerprint density at radius 2 is 1.56 bits per heavy atom. The fraction of sp³-hybridized carbons (Fsp3) is 0.290. The van der Waals surface area contributed by atoms with Gasteiger partial charge in [0.2, 0.25) is 0 Å². The van der Waals surface area contributed by atoms with Crippen LogP contribution in [0.25, 0.3) is 6.08 Å². The topological polar surface area (TPSA) is 69.6 Å². The zero-order valence-electron chi connectivity index (χ0n) is 22.4. The number of carbonyl (C=O) groups is 1. The molecule has 202 valence electrons. The van der Waals surface area contributed by atoms with Crippen LogP contribution in [0.1, 0.15) is 46.8 Å². The van der Waals surface area contributed by atoms with E-state index in [1.54, 1.807) is 33.4 Å². The average Bonchev–Trinajstić information content (AvgIpc) is 3.37. The number of amides is 1. The lowest BCUT2D eigenvalue weighted by Crippen LogP contribution is -2.32. The molecule has 1 amide bonds. The lowest BCUT2D eigenvalue weighted by Gasteiger charge is -2.30. The summed E-state index contributed by atoms with van der Waals surface area (Å²) in [7, 11) is 6.49. The van der Waals surface area contributed by atoms with Gasteiger partial charge in [-0.3, -0.25) is 4.79 Å². The van der Waals surface area contributed by atoms with Gasteiger partial charge in [0.15, 0.2) is 23.0 Å². The summed E-state index contributed by atoms with van der Waals surface area (Å²) < 4.78 is 22.7. The number of carbonyl (C=O) groups excluding carboxylic acids is 1. The first-order chi connectivity index (χ1) is 19.0. The Morgan fingerprint density at radius 1 is 0.897 bits per heavy atom. The van der Waals surface area contributed by atoms with Crippen LogP contribution in [0.15, 0.2) is 75.8 Å². The van der Waals surface area contributed by atoms with Crippen LogP contribution in [0.3, 0.4) is 0 Å². The maximum Gasteiger partial charge on any atom is 0.275 e. The maximum atomic E-state index is 14.0. The van der Waals surface area contributed by atoms with E-state index in [0.717, 1.165) is 46.1 Å². The number of fused-ring (bicyclic) bond motifs is 1. The largest absolute Gasteiger partial charge is 0.493 e. The molecule has 39 heavy (non-hydrogen) atoms. The lowest BCUT2D eigenvalue weighted by molar-refractivity contribution is 0.0679. The quantitative estimate of drug-likeness (QED) is 0.299. The molecule has 0 aromatic heterocycles. The Balaban J connectivity index is 1.60. The highest BCUT2D eigenvalue weighted by molar-refractivity contribution is 9.10. The molecule has 0 saturated heterocycles. The third-order valence-electron chi connectivity index (χ3n) is 7.31. The Labute approximate surface area is 237 Å². The lowest BCUT2D eigenvalue weighted by atomic mass is 9.77. The average molecular weight is 592 g/mol. The molecule has 1 aliphatic carbocycles. The number of hydrogen-bond donors (Lipinski definition) is 0. The van der Waals surface area contributed by atoms with Crippen molar-refractivity contribution in [3.63, 3.8) is 0 Å². The number of halogens is 1. The van der Waals surface area contributed by atoms with Gasteiger partial charge in [0.1, 0.15) is 0 Å². The van der Waals surface area contributed by atoms with Gasteiger partial charge in [0, 0.05) is 10.4 Å². The highest BCUT2D eigenvalue weighted by Crippen LogP contribution is 2.46. The van der Waals surface area contributed by atoms with Gasteiger partial charge in [-0.25, -0.2) is 5.01 Å². The first-order valence-electron chi connectivity index (χ1n) is 12.8. The third-order valence-corrected chi connectivity index (χ3v) is 8.00. The van der Waals surface area contributed by atoms with E-state index in [2.05, 4.69) is 22.0 Å². The fourth-order valence-electron chi connectivity index (χ4n) is 5.44. The van der Waals surface area contributed by atoms with Crippen LogP contribution in [-0.2, 0) is 0 Å². The Morgan fingerprint density at radius 3 is 2.26 bits per heavy atom. The second kappa shape index (κ2) is 11.5. The maximum absolute atomic E-state index is 14.0. The highest BCUT2D eigenvalue weighted by atomic mass is 79.9. The molecular weight excluding hydrogens is 560 g/mol. The molecule has 7 nitrogen and oxygen atoms in total. The van der Waals surface area contributed by atoms with Crippen molar-refractivity contribution >= 4 is 33.6 Å². The van der Waals surface area contributed by atoms with Crippen molar-refractivity contribution in [1.82, 2.24) is 5.01 Å². The molecule has 8 heteroatoms. The standard InChI is InChI=1S/C31H31BrN2O5/c1-36-25-14-12-19(17-27(25)38-3)16-20-8-7-10-23-29(20)33-34(31(35)22-9-5-6-11-24(22)32)30(23)21-13-15-26(37-2)28(18-21)39-4/h5-6,9,11-18,23,30H,7-8,10H2,1-4H3. The zero-order chi connectivity index (χ0) is 27.5. The number of allylic oxidation sites excluding steroid dienone is 1. The summed E-state index contributed by atoms with van der Waals surface area (Å²) in [5.74, 6) is 2.49. The molecular formula is C31H31BrN2O5. The third kappa shape index (κ3) is 5.13. The van der Waals surface area contributed by atoms with Gasteiger partial charge >= 0.3 is 0 Å². The number of methoxy groups -OCH3 is 4. The molecule has 1 aliphatic heterocycles. The summed E-state index contributed by atoms with van der Waals surface area (Å²) in [6.07, 6.45) is 4.93. The van der Waals surface area contributed by atoms with Gasteiger partial charge in [0.05, 0.1) is 45.8 Å². The molecule has 1 heterocycles.